The van der Waals surface area contributed by atoms with E-state index in [2.05, 4.69) is 0 Å². The van der Waals surface area contributed by atoms with E-state index in [1.807, 2.05) is 6.92 Å². The van der Waals surface area contributed by atoms with Crippen LogP contribution in [0.1, 0.15) is 58.8 Å². The quantitative estimate of drug-likeness (QED) is 0.760. The fourth-order valence-corrected chi connectivity index (χ4v) is 3.79. The van der Waals surface area contributed by atoms with E-state index in [4.69, 9.17) is 4.74 Å². The smallest absolute Gasteiger partial charge is 0.314 e. The maximum atomic E-state index is 12.4. The molecular formula is C16H28O4. The van der Waals surface area contributed by atoms with E-state index in [0.29, 0.717) is 18.3 Å². The normalized spacial score (nSPS) is 36.2. The molecule has 0 aromatic heterocycles. The molecule has 0 heterocycles. The minimum absolute atomic E-state index is 0.100. The Labute approximate surface area is 121 Å². The summed E-state index contributed by atoms with van der Waals surface area (Å²) in [5.41, 5.74) is -1.56. The Hall–Kier alpha value is -0.610. The zero-order chi connectivity index (χ0) is 14.8. The van der Waals surface area contributed by atoms with Gasteiger partial charge in [-0.05, 0) is 44.4 Å². The summed E-state index contributed by atoms with van der Waals surface area (Å²) >= 11 is 0. The maximum absolute atomic E-state index is 12.4. The molecule has 2 N–H and O–H groups in total. The summed E-state index contributed by atoms with van der Waals surface area (Å²) < 4.78 is 5.76. The van der Waals surface area contributed by atoms with Crippen molar-refractivity contribution in [3.63, 3.8) is 0 Å². The van der Waals surface area contributed by atoms with Gasteiger partial charge in [-0.2, -0.15) is 0 Å². The van der Waals surface area contributed by atoms with Gasteiger partial charge < -0.3 is 14.9 Å². The van der Waals surface area contributed by atoms with E-state index < -0.39 is 11.0 Å². The zero-order valence-corrected chi connectivity index (χ0v) is 12.7. The summed E-state index contributed by atoms with van der Waals surface area (Å²) in [7, 11) is 0. The van der Waals surface area contributed by atoms with Gasteiger partial charge in [0.15, 0.2) is 0 Å². The summed E-state index contributed by atoms with van der Waals surface area (Å²) in [6, 6.07) is 0. The van der Waals surface area contributed by atoms with Crippen LogP contribution >= 0.6 is 0 Å². The van der Waals surface area contributed by atoms with Crippen molar-refractivity contribution in [3.8, 4) is 0 Å². The first kappa shape index (κ1) is 15.8. The highest BCUT2D eigenvalue weighted by Crippen LogP contribution is 2.46. The van der Waals surface area contributed by atoms with Gasteiger partial charge in [0.1, 0.15) is 5.60 Å². The molecule has 0 spiro atoms. The second-order valence-electron chi connectivity index (χ2n) is 7.11. The van der Waals surface area contributed by atoms with Gasteiger partial charge in [-0.3, -0.25) is 4.79 Å². The van der Waals surface area contributed by atoms with Crippen LogP contribution in [0.2, 0.25) is 0 Å². The number of esters is 1. The van der Waals surface area contributed by atoms with Crippen LogP contribution < -0.4 is 0 Å². The molecule has 0 aromatic rings. The Morgan fingerprint density at radius 2 is 1.90 bits per heavy atom. The Bertz CT molecular complexity index is 336. The van der Waals surface area contributed by atoms with E-state index >= 15 is 0 Å². The van der Waals surface area contributed by atoms with E-state index in [0.717, 1.165) is 12.8 Å². The molecule has 4 heteroatoms. The molecule has 0 saturated heterocycles. The zero-order valence-electron chi connectivity index (χ0n) is 12.7. The number of carbonyl (C=O) groups is 1. The summed E-state index contributed by atoms with van der Waals surface area (Å²) in [6.45, 7) is 3.29. The summed E-state index contributed by atoms with van der Waals surface area (Å²) in [5, 5.41) is 19.3. The maximum Gasteiger partial charge on any atom is 0.314 e. The Morgan fingerprint density at radius 1 is 1.30 bits per heavy atom. The molecule has 2 bridgehead atoms. The first-order chi connectivity index (χ1) is 9.47. The third-order valence-corrected chi connectivity index (χ3v) is 5.43. The van der Waals surface area contributed by atoms with Gasteiger partial charge in [0.2, 0.25) is 0 Å². The molecule has 2 fully saturated rings. The third kappa shape index (κ3) is 3.01. The molecule has 116 valence electrons. The Kier molecular flexibility index (Phi) is 4.75. The molecular weight excluding hydrogens is 256 g/mol. The summed E-state index contributed by atoms with van der Waals surface area (Å²) in [4.78, 5) is 12.4. The number of hydrogen-bond donors (Lipinski definition) is 2. The van der Waals surface area contributed by atoms with Gasteiger partial charge >= 0.3 is 5.97 Å². The summed E-state index contributed by atoms with van der Waals surface area (Å²) in [6.07, 6.45) is 6.92. The number of hydrogen-bond acceptors (Lipinski definition) is 4. The first-order valence-corrected chi connectivity index (χ1v) is 7.92. The molecule has 2 saturated carbocycles. The van der Waals surface area contributed by atoms with Gasteiger partial charge in [0, 0.05) is 0 Å². The molecule has 0 aromatic carbocycles. The number of aliphatic hydroxyl groups is 2. The van der Waals surface area contributed by atoms with Crippen LogP contribution in [0.5, 0.6) is 0 Å². The number of carbonyl (C=O) groups excluding carboxylic acids is 1. The van der Waals surface area contributed by atoms with Crippen LogP contribution in [0, 0.1) is 17.3 Å². The lowest BCUT2D eigenvalue weighted by Gasteiger charge is -2.46. The SMILES string of the molecule is CCC(C)(CO)C(=O)OC1(CO)CC2CCCC(C2)C1. The van der Waals surface area contributed by atoms with E-state index in [1.165, 1.54) is 25.7 Å². The lowest BCUT2D eigenvalue weighted by Crippen LogP contribution is -2.50. The lowest BCUT2D eigenvalue weighted by atomic mass is 9.66. The van der Waals surface area contributed by atoms with E-state index in [1.54, 1.807) is 6.92 Å². The fourth-order valence-electron chi connectivity index (χ4n) is 3.79. The topological polar surface area (TPSA) is 66.8 Å². The van der Waals surface area contributed by atoms with Gasteiger partial charge in [-0.25, -0.2) is 0 Å². The van der Waals surface area contributed by atoms with Crippen LogP contribution in [0.3, 0.4) is 0 Å². The molecule has 2 aliphatic carbocycles. The van der Waals surface area contributed by atoms with E-state index in [-0.39, 0.29) is 19.2 Å². The molecule has 3 unspecified atom stereocenters. The molecule has 4 nitrogen and oxygen atoms in total. The molecule has 2 rings (SSSR count). The molecule has 0 amide bonds. The van der Waals surface area contributed by atoms with Crippen molar-refractivity contribution < 1.29 is 19.7 Å². The first-order valence-electron chi connectivity index (χ1n) is 7.92. The molecule has 2 aliphatic rings. The molecule has 20 heavy (non-hydrogen) atoms. The second-order valence-corrected chi connectivity index (χ2v) is 7.11. The average Bonchev–Trinajstić information content (AvgIpc) is 2.45. The highest BCUT2D eigenvalue weighted by atomic mass is 16.6. The standard InChI is InChI=1S/C16H28O4/c1-3-15(2,10-17)14(19)20-16(11-18)8-12-5-4-6-13(7-12)9-16/h12-13,17-18H,3-11H2,1-2H3. The van der Waals surface area contributed by atoms with Crippen molar-refractivity contribution in [1.29, 1.82) is 0 Å². The minimum Gasteiger partial charge on any atom is -0.456 e. The average molecular weight is 284 g/mol. The number of ether oxygens (including phenoxy) is 1. The predicted octanol–water partition coefficient (Wildman–Crippen LogP) is 2.27. The highest BCUT2D eigenvalue weighted by Gasteiger charge is 2.47. The molecule has 0 aliphatic heterocycles. The lowest BCUT2D eigenvalue weighted by molar-refractivity contribution is -0.189. The van der Waals surface area contributed by atoms with Crippen LogP contribution in [-0.2, 0) is 9.53 Å². The van der Waals surface area contributed by atoms with E-state index in [9.17, 15) is 15.0 Å². The van der Waals surface area contributed by atoms with Gasteiger partial charge in [0.25, 0.3) is 0 Å². The van der Waals surface area contributed by atoms with Crippen molar-refractivity contribution >= 4 is 5.97 Å². The number of aliphatic hydroxyl groups excluding tert-OH is 2. The van der Waals surface area contributed by atoms with Crippen molar-refractivity contribution in [2.24, 2.45) is 17.3 Å². The van der Waals surface area contributed by atoms with Crippen LogP contribution in [0.25, 0.3) is 0 Å². The monoisotopic (exact) mass is 284 g/mol. The van der Waals surface area contributed by atoms with Crippen LogP contribution in [-0.4, -0.2) is 35.0 Å². The minimum atomic E-state index is -0.852. The van der Waals surface area contributed by atoms with Crippen molar-refractivity contribution in [2.45, 2.75) is 64.4 Å². The van der Waals surface area contributed by atoms with Crippen LogP contribution in [0.4, 0.5) is 0 Å². The van der Waals surface area contributed by atoms with Gasteiger partial charge in [0.05, 0.1) is 18.6 Å². The van der Waals surface area contributed by atoms with Gasteiger partial charge in [-0.1, -0.05) is 26.2 Å². The summed E-state index contributed by atoms with van der Waals surface area (Å²) in [5.74, 6) is 0.783. The Balaban J connectivity index is 2.10. The number of rotatable bonds is 5. The predicted molar refractivity (Wildman–Crippen MR) is 76.1 cm³/mol. The van der Waals surface area contributed by atoms with Crippen molar-refractivity contribution in [1.82, 2.24) is 0 Å². The van der Waals surface area contributed by atoms with Crippen molar-refractivity contribution in [2.75, 3.05) is 13.2 Å². The molecule has 3 atom stereocenters. The van der Waals surface area contributed by atoms with Gasteiger partial charge in [-0.15, -0.1) is 0 Å². The number of fused-ring (bicyclic) bond motifs is 2. The Morgan fingerprint density at radius 3 is 2.35 bits per heavy atom. The highest BCUT2D eigenvalue weighted by molar-refractivity contribution is 5.77. The fraction of sp³-hybridized carbons (Fsp3) is 0.938. The third-order valence-electron chi connectivity index (χ3n) is 5.43. The van der Waals surface area contributed by atoms with Crippen molar-refractivity contribution in [3.05, 3.63) is 0 Å². The molecule has 0 radical (unpaired) electrons. The largest absolute Gasteiger partial charge is 0.456 e. The van der Waals surface area contributed by atoms with Crippen LogP contribution in [0.15, 0.2) is 0 Å². The second kappa shape index (κ2) is 6.02.